The van der Waals surface area contributed by atoms with Crippen molar-refractivity contribution in [2.75, 3.05) is 0 Å². The molecule has 1 aliphatic rings. The van der Waals surface area contributed by atoms with Crippen LogP contribution >= 0.6 is 23.4 Å². The molecule has 0 atom stereocenters. The van der Waals surface area contributed by atoms with E-state index in [4.69, 9.17) is 16.3 Å². The highest BCUT2D eigenvalue weighted by Crippen LogP contribution is 2.50. The largest absolute Gasteiger partial charge is 0.453 e. The molecule has 1 heterocycles. The summed E-state index contributed by atoms with van der Waals surface area (Å²) >= 11 is 7.13. The van der Waals surface area contributed by atoms with Crippen LogP contribution in [0.4, 0.5) is 8.78 Å². The fraction of sp³-hybridized carbons (Fsp3) is 0. The van der Waals surface area contributed by atoms with Gasteiger partial charge in [-0.15, -0.1) is 0 Å². The fourth-order valence-electron chi connectivity index (χ4n) is 1.59. The lowest BCUT2D eigenvalue weighted by atomic mass is 10.3. The number of fused-ring (bicyclic) bond motifs is 2. The van der Waals surface area contributed by atoms with Crippen LogP contribution < -0.4 is 4.74 Å². The molecule has 5 heteroatoms. The number of hydrogen-bond donors (Lipinski definition) is 0. The van der Waals surface area contributed by atoms with E-state index in [1.54, 1.807) is 0 Å². The molecule has 1 aliphatic heterocycles. The van der Waals surface area contributed by atoms with Crippen molar-refractivity contribution < 1.29 is 13.5 Å². The van der Waals surface area contributed by atoms with Gasteiger partial charge in [-0.1, -0.05) is 23.4 Å². The highest BCUT2D eigenvalue weighted by molar-refractivity contribution is 7.99. The molecule has 0 spiro atoms. The van der Waals surface area contributed by atoms with Crippen molar-refractivity contribution in [3.05, 3.63) is 47.0 Å². The summed E-state index contributed by atoms with van der Waals surface area (Å²) in [5.41, 5.74) is 0. The van der Waals surface area contributed by atoms with Gasteiger partial charge in [-0.3, -0.25) is 0 Å². The topological polar surface area (TPSA) is 9.23 Å². The maximum absolute atomic E-state index is 13.2. The molecule has 2 aromatic carbocycles. The minimum atomic E-state index is -0.440. The monoisotopic (exact) mass is 270 g/mol. The first-order valence-electron chi connectivity index (χ1n) is 4.78. The molecule has 0 bridgehead atoms. The molecule has 3 rings (SSSR count). The minimum absolute atomic E-state index is 0.211. The maximum Gasteiger partial charge on any atom is 0.160 e. The molecular formula is C12H5ClF2OS. The van der Waals surface area contributed by atoms with Gasteiger partial charge in [-0.25, -0.2) is 8.78 Å². The second-order valence-electron chi connectivity index (χ2n) is 3.51. The first kappa shape index (κ1) is 10.9. The van der Waals surface area contributed by atoms with Gasteiger partial charge in [0.15, 0.2) is 5.75 Å². The van der Waals surface area contributed by atoms with E-state index in [0.29, 0.717) is 21.3 Å². The van der Waals surface area contributed by atoms with E-state index in [2.05, 4.69) is 0 Å². The first-order chi connectivity index (χ1) is 8.13. The van der Waals surface area contributed by atoms with Crippen molar-refractivity contribution in [3.8, 4) is 11.5 Å². The van der Waals surface area contributed by atoms with E-state index in [0.717, 1.165) is 0 Å². The number of ether oxygens (including phenoxy) is 1. The van der Waals surface area contributed by atoms with Crippen LogP contribution in [0.1, 0.15) is 0 Å². The predicted octanol–water partition coefficient (Wildman–Crippen LogP) is 4.88. The van der Waals surface area contributed by atoms with Gasteiger partial charge in [0, 0.05) is 0 Å². The Kier molecular flexibility index (Phi) is 2.49. The normalized spacial score (nSPS) is 12.6. The SMILES string of the molecule is Fc1ccc2c(c1)Sc1cc(F)cc(Cl)c1O2. The summed E-state index contributed by atoms with van der Waals surface area (Å²) in [6, 6.07) is 6.69. The van der Waals surface area contributed by atoms with Gasteiger partial charge in [0.25, 0.3) is 0 Å². The summed E-state index contributed by atoms with van der Waals surface area (Å²) in [6.45, 7) is 0. The predicted molar refractivity (Wildman–Crippen MR) is 62.0 cm³/mol. The van der Waals surface area contributed by atoms with Gasteiger partial charge >= 0.3 is 0 Å². The zero-order valence-corrected chi connectivity index (χ0v) is 9.91. The summed E-state index contributed by atoms with van der Waals surface area (Å²) in [7, 11) is 0. The van der Waals surface area contributed by atoms with E-state index >= 15 is 0 Å². The Morgan fingerprint density at radius 2 is 1.76 bits per heavy atom. The molecule has 0 aromatic heterocycles. The summed E-state index contributed by atoms with van der Waals surface area (Å²) in [5.74, 6) is 0.144. The standard InChI is InChI=1S/C12H5ClF2OS/c13-8-3-7(15)5-11-12(8)16-9-2-1-6(14)4-10(9)17-11/h1-5H. The van der Waals surface area contributed by atoms with Gasteiger partial charge in [0.05, 0.1) is 14.8 Å². The molecule has 0 saturated heterocycles. The van der Waals surface area contributed by atoms with Crippen molar-refractivity contribution >= 4 is 23.4 Å². The molecule has 0 fully saturated rings. The highest BCUT2D eigenvalue weighted by atomic mass is 35.5. The van der Waals surface area contributed by atoms with Crippen LogP contribution in [0, 0.1) is 11.6 Å². The van der Waals surface area contributed by atoms with Crippen molar-refractivity contribution in [2.45, 2.75) is 9.79 Å². The van der Waals surface area contributed by atoms with E-state index in [1.165, 1.54) is 42.1 Å². The summed E-state index contributed by atoms with van der Waals surface area (Å²) in [5, 5.41) is 0.211. The van der Waals surface area contributed by atoms with E-state index in [1.807, 2.05) is 0 Å². The van der Waals surface area contributed by atoms with Gasteiger partial charge in [-0.2, -0.15) is 0 Å². The van der Waals surface area contributed by atoms with Gasteiger partial charge in [-0.05, 0) is 30.3 Å². The Labute approximate surface area is 105 Å². The molecule has 0 aliphatic carbocycles. The summed E-state index contributed by atoms with van der Waals surface area (Å²) in [4.78, 5) is 1.16. The van der Waals surface area contributed by atoms with Crippen LogP contribution in [0.2, 0.25) is 5.02 Å². The lowest BCUT2D eigenvalue weighted by Gasteiger charge is -2.20. The quantitative estimate of drug-likeness (QED) is 0.576. The number of rotatable bonds is 0. The third-order valence-corrected chi connectivity index (χ3v) is 3.65. The number of benzene rings is 2. The van der Waals surface area contributed by atoms with Gasteiger partial charge in [0.2, 0.25) is 0 Å². The van der Waals surface area contributed by atoms with Crippen LogP contribution in [0.3, 0.4) is 0 Å². The van der Waals surface area contributed by atoms with E-state index < -0.39 is 5.82 Å². The van der Waals surface area contributed by atoms with Crippen LogP contribution in [-0.4, -0.2) is 0 Å². The van der Waals surface area contributed by atoms with E-state index in [9.17, 15) is 8.78 Å². The third kappa shape index (κ3) is 1.87. The van der Waals surface area contributed by atoms with Crippen LogP contribution in [0.5, 0.6) is 11.5 Å². The Hall–Kier alpha value is -1.26. The van der Waals surface area contributed by atoms with Crippen molar-refractivity contribution in [1.29, 1.82) is 0 Å². The molecule has 0 amide bonds. The molecule has 1 nitrogen and oxygen atoms in total. The van der Waals surface area contributed by atoms with Gasteiger partial charge in [0.1, 0.15) is 17.4 Å². The third-order valence-electron chi connectivity index (χ3n) is 2.31. The first-order valence-corrected chi connectivity index (χ1v) is 5.97. The molecular weight excluding hydrogens is 266 g/mol. The highest BCUT2D eigenvalue weighted by Gasteiger charge is 2.21. The van der Waals surface area contributed by atoms with Crippen molar-refractivity contribution in [1.82, 2.24) is 0 Å². The summed E-state index contributed by atoms with van der Waals surface area (Å²) in [6.07, 6.45) is 0. The summed E-state index contributed by atoms with van der Waals surface area (Å²) < 4.78 is 31.8. The lowest BCUT2D eigenvalue weighted by molar-refractivity contribution is 0.449. The van der Waals surface area contributed by atoms with E-state index in [-0.39, 0.29) is 10.8 Å². The van der Waals surface area contributed by atoms with Crippen LogP contribution in [0.25, 0.3) is 0 Å². The molecule has 0 unspecified atom stereocenters. The second kappa shape index (κ2) is 3.89. The Balaban J connectivity index is 2.14. The van der Waals surface area contributed by atoms with Crippen LogP contribution in [0.15, 0.2) is 40.1 Å². The van der Waals surface area contributed by atoms with Gasteiger partial charge < -0.3 is 4.74 Å². The second-order valence-corrected chi connectivity index (χ2v) is 5.00. The maximum atomic E-state index is 13.2. The molecule has 0 N–H and O–H groups in total. The average Bonchev–Trinajstić information content (AvgIpc) is 2.26. The Bertz CT molecular complexity index is 616. The number of hydrogen-bond acceptors (Lipinski definition) is 2. The molecule has 0 radical (unpaired) electrons. The molecule has 17 heavy (non-hydrogen) atoms. The molecule has 86 valence electrons. The zero-order chi connectivity index (χ0) is 12.0. The minimum Gasteiger partial charge on any atom is -0.453 e. The van der Waals surface area contributed by atoms with Crippen molar-refractivity contribution in [3.63, 3.8) is 0 Å². The Morgan fingerprint density at radius 1 is 1.00 bits per heavy atom. The smallest absolute Gasteiger partial charge is 0.160 e. The average molecular weight is 271 g/mol. The zero-order valence-electron chi connectivity index (χ0n) is 8.34. The fourth-order valence-corrected chi connectivity index (χ4v) is 2.92. The Morgan fingerprint density at radius 3 is 2.59 bits per heavy atom. The molecule has 2 aromatic rings. The van der Waals surface area contributed by atoms with Crippen LogP contribution in [-0.2, 0) is 0 Å². The molecule has 0 saturated carbocycles. The lowest BCUT2D eigenvalue weighted by Crippen LogP contribution is -1.97. The van der Waals surface area contributed by atoms with Crippen molar-refractivity contribution in [2.24, 2.45) is 0 Å². The number of halogens is 3.